The van der Waals surface area contributed by atoms with Crippen LogP contribution in [0.15, 0.2) is 36.4 Å². The molecule has 2 aromatic carbocycles. The van der Waals surface area contributed by atoms with Crippen LogP contribution in [0.1, 0.15) is 46.4 Å². The molecule has 0 aliphatic heterocycles. The van der Waals surface area contributed by atoms with Crippen LogP contribution in [0.4, 0.5) is 13.2 Å². The highest BCUT2D eigenvalue weighted by Gasteiger charge is 2.31. The number of fused-ring (bicyclic) bond motifs is 1. The number of rotatable bonds is 5. The van der Waals surface area contributed by atoms with Gasteiger partial charge in [-0.2, -0.15) is 13.2 Å². The Labute approximate surface area is 181 Å². The van der Waals surface area contributed by atoms with Gasteiger partial charge in [-0.05, 0) is 55.3 Å². The lowest BCUT2D eigenvalue weighted by molar-refractivity contribution is -0.139. The second-order valence-corrected chi connectivity index (χ2v) is 7.42. The number of methoxy groups -OCH3 is 1. The summed E-state index contributed by atoms with van der Waals surface area (Å²) in [4.78, 5) is 25.1. The number of carboxylic acids is 1. The predicted molar refractivity (Wildman–Crippen MR) is 110 cm³/mol. The monoisotopic (exact) mass is 453 g/mol. The molecule has 0 aliphatic rings. The minimum absolute atomic E-state index is 0.0230. The Balaban J connectivity index is 2.27. The summed E-state index contributed by atoms with van der Waals surface area (Å²) in [5.74, 6) is -2.23. The van der Waals surface area contributed by atoms with Crippen molar-refractivity contribution in [1.29, 1.82) is 0 Å². The van der Waals surface area contributed by atoms with E-state index in [1.54, 1.807) is 19.9 Å². The zero-order valence-corrected chi connectivity index (χ0v) is 17.6. The SMILES string of the molecule is CCC(C(=O)O)c1c(C)n(C(=O)c2ccc(C(F)(F)F)cc2)c2cc(Cl)c(OC)cc12. The number of nitrogens with zero attached hydrogens (tertiary/aromatic N) is 1. The minimum atomic E-state index is -4.52. The molecule has 0 aliphatic carbocycles. The third-order valence-corrected chi connectivity index (χ3v) is 5.54. The molecule has 1 atom stereocenters. The molecular weight excluding hydrogens is 435 g/mol. The smallest absolute Gasteiger partial charge is 0.416 e. The maximum atomic E-state index is 13.3. The Bertz CT molecular complexity index is 1170. The molecule has 0 spiro atoms. The second-order valence-electron chi connectivity index (χ2n) is 7.02. The van der Waals surface area contributed by atoms with Crippen molar-refractivity contribution in [3.05, 3.63) is 63.8 Å². The number of carbonyl (C=O) groups excluding carboxylic acids is 1. The topological polar surface area (TPSA) is 68.5 Å². The maximum absolute atomic E-state index is 13.3. The summed E-state index contributed by atoms with van der Waals surface area (Å²) >= 11 is 6.24. The molecule has 0 saturated carbocycles. The number of halogens is 4. The van der Waals surface area contributed by atoms with Crippen LogP contribution in [-0.4, -0.2) is 28.7 Å². The van der Waals surface area contributed by atoms with E-state index in [2.05, 4.69) is 0 Å². The first-order chi connectivity index (χ1) is 14.5. The molecule has 1 aromatic heterocycles. The van der Waals surface area contributed by atoms with Crippen molar-refractivity contribution in [2.24, 2.45) is 0 Å². The van der Waals surface area contributed by atoms with E-state index in [1.165, 1.54) is 17.7 Å². The molecule has 0 fully saturated rings. The molecule has 0 saturated heterocycles. The van der Waals surface area contributed by atoms with Crippen molar-refractivity contribution < 1.29 is 32.6 Å². The lowest BCUT2D eigenvalue weighted by atomic mass is 9.94. The van der Waals surface area contributed by atoms with Crippen LogP contribution in [0.5, 0.6) is 5.75 Å². The van der Waals surface area contributed by atoms with Crippen LogP contribution in [0.2, 0.25) is 5.02 Å². The number of ether oxygens (including phenoxy) is 1. The molecule has 0 amide bonds. The second kappa shape index (κ2) is 8.26. The average molecular weight is 454 g/mol. The number of carboxylic acid groups (broad SMARTS) is 1. The van der Waals surface area contributed by atoms with E-state index in [1.807, 2.05) is 0 Å². The Morgan fingerprint density at radius 3 is 2.29 bits per heavy atom. The quantitative estimate of drug-likeness (QED) is 0.522. The lowest BCUT2D eigenvalue weighted by Gasteiger charge is -2.12. The fraction of sp³-hybridized carbons (Fsp3) is 0.273. The first-order valence-corrected chi connectivity index (χ1v) is 9.72. The van der Waals surface area contributed by atoms with Crippen LogP contribution in [-0.2, 0) is 11.0 Å². The first kappa shape index (κ1) is 22.7. The summed E-state index contributed by atoms with van der Waals surface area (Å²) < 4.78 is 45.1. The van der Waals surface area contributed by atoms with Crippen molar-refractivity contribution in [3.63, 3.8) is 0 Å². The molecule has 1 N–H and O–H groups in total. The van der Waals surface area contributed by atoms with Crippen molar-refractivity contribution in [3.8, 4) is 5.75 Å². The van der Waals surface area contributed by atoms with Gasteiger partial charge < -0.3 is 9.84 Å². The zero-order chi connectivity index (χ0) is 23.1. The fourth-order valence-corrected chi connectivity index (χ4v) is 3.97. The van der Waals surface area contributed by atoms with Gasteiger partial charge in [0.25, 0.3) is 5.91 Å². The fourth-order valence-electron chi connectivity index (χ4n) is 3.73. The van der Waals surface area contributed by atoms with Gasteiger partial charge in [-0.25, -0.2) is 0 Å². The van der Waals surface area contributed by atoms with Gasteiger partial charge >= 0.3 is 12.1 Å². The van der Waals surface area contributed by atoms with Crippen molar-refractivity contribution in [2.45, 2.75) is 32.4 Å². The number of benzene rings is 2. The van der Waals surface area contributed by atoms with Gasteiger partial charge in [0.05, 0.1) is 29.1 Å². The van der Waals surface area contributed by atoms with Gasteiger partial charge in [-0.3, -0.25) is 14.2 Å². The highest BCUT2D eigenvalue weighted by atomic mass is 35.5. The molecule has 9 heteroatoms. The zero-order valence-electron chi connectivity index (χ0n) is 16.9. The third-order valence-electron chi connectivity index (χ3n) is 5.24. The van der Waals surface area contributed by atoms with Gasteiger partial charge in [0.2, 0.25) is 0 Å². The van der Waals surface area contributed by atoms with E-state index in [-0.39, 0.29) is 17.0 Å². The average Bonchev–Trinajstić information content (AvgIpc) is 2.97. The largest absolute Gasteiger partial charge is 0.495 e. The van der Waals surface area contributed by atoms with Crippen molar-refractivity contribution >= 4 is 34.4 Å². The van der Waals surface area contributed by atoms with Crippen LogP contribution >= 0.6 is 11.6 Å². The Morgan fingerprint density at radius 1 is 1.19 bits per heavy atom. The Kier molecular flexibility index (Phi) is 6.04. The third kappa shape index (κ3) is 3.99. The molecule has 31 heavy (non-hydrogen) atoms. The molecule has 5 nitrogen and oxygen atoms in total. The summed E-state index contributed by atoms with van der Waals surface area (Å²) in [7, 11) is 1.42. The number of hydrogen-bond donors (Lipinski definition) is 1. The summed E-state index contributed by atoms with van der Waals surface area (Å²) in [6, 6.07) is 6.91. The first-order valence-electron chi connectivity index (χ1n) is 9.34. The summed E-state index contributed by atoms with van der Waals surface area (Å²) in [6.07, 6.45) is -4.25. The molecule has 1 unspecified atom stereocenters. The van der Waals surface area contributed by atoms with E-state index in [4.69, 9.17) is 16.3 Å². The predicted octanol–water partition coefficient (Wildman–Crippen LogP) is 5.90. The van der Waals surface area contributed by atoms with Crippen LogP contribution in [0, 0.1) is 6.92 Å². The number of alkyl halides is 3. The minimum Gasteiger partial charge on any atom is -0.495 e. The Morgan fingerprint density at radius 2 is 1.81 bits per heavy atom. The van der Waals surface area contributed by atoms with Crippen LogP contribution < -0.4 is 4.74 Å². The maximum Gasteiger partial charge on any atom is 0.416 e. The van der Waals surface area contributed by atoms with Gasteiger partial charge in [0.15, 0.2) is 0 Å². The van der Waals surface area contributed by atoms with E-state index < -0.39 is 29.5 Å². The normalized spacial score (nSPS) is 12.7. The lowest BCUT2D eigenvalue weighted by Crippen LogP contribution is -2.16. The summed E-state index contributed by atoms with van der Waals surface area (Å²) in [6.45, 7) is 3.32. The molecule has 3 rings (SSSR count). The summed E-state index contributed by atoms with van der Waals surface area (Å²) in [5, 5.41) is 10.4. The van der Waals surface area contributed by atoms with E-state index in [9.17, 15) is 27.9 Å². The van der Waals surface area contributed by atoms with Crippen LogP contribution in [0.25, 0.3) is 10.9 Å². The standard InChI is InChI=1S/C22H19ClF3NO4/c1-4-14(21(29)30)19-11(2)27(17-10-16(23)18(31-3)9-15(17)19)20(28)12-5-7-13(8-6-12)22(24,25)26/h5-10,14H,4H2,1-3H3,(H,29,30). The number of aliphatic carboxylic acids is 1. The molecule has 0 radical (unpaired) electrons. The number of carbonyl (C=O) groups is 2. The van der Waals surface area contributed by atoms with Gasteiger partial charge in [-0.15, -0.1) is 0 Å². The number of aromatic nitrogens is 1. The highest BCUT2D eigenvalue weighted by Crippen LogP contribution is 2.39. The number of hydrogen-bond acceptors (Lipinski definition) is 3. The summed E-state index contributed by atoms with van der Waals surface area (Å²) in [5.41, 5.74) is 0.306. The van der Waals surface area contributed by atoms with Crippen molar-refractivity contribution in [1.82, 2.24) is 4.57 Å². The van der Waals surface area contributed by atoms with E-state index >= 15 is 0 Å². The van der Waals surface area contributed by atoms with Gasteiger partial charge in [0.1, 0.15) is 5.75 Å². The molecular formula is C22H19ClF3NO4. The van der Waals surface area contributed by atoms with Crippen LogP contribution in [0.3, 0.4) is 0 Å². The van der Waals surface area contributed by atoms with Crippen molar-refractivity contribution in [2.75, 3.05) is 7.11 Å². The molecule has 3 aromatic rings. The van der Waals surface area contributed by atoms with E-state index in [0.717, 1.165) is 24.3 Å². The Hall–Kier alpha value is -3.00. The molecule has 1 heterocycles. The molecule has 164 valence electrons. The molecule has 0 bridgehead atoms. The van der Waals surface area contributed by atoms with Gasteiger partial charge in [0, 0.05) is 16.6 Å². The highest BCUT2D eigenvalue weighted by molar-refractivity contribution is 6.33. The van der Waals surface area contributed by atoms with Gasteiger partial charge in [-0.1, -0.05) is 18.5 Å². The van der Waals surface area contributed by atoms with E-state index in [0.29, 0.717) is 27.9 Å².